The number of methoxy groups -OCH3 is 3. The van der Waals surface area contributed by atoms with Gasteiger partial charge in [0.1, 0.15) is 22.8 Å². The summed E-state index contributed by atoms with van der Waals surface area (Å²) in [5.41, 5.74) is -0.460. The zero-order valence-electron chi connectivity index (χ0n) is 16.6. The van der Waals surface area contributed by atoms with Gasteiger partial charge < -0.3 is 19.5 Å². The van der Waals surface area contributed by atoms with E-state index in [1.807, 2.05) is 0 Å². The van der Waals surface area contributed by atoms with Crippen molar-refractivity contribution in [2.24, 2.45) is 0 Å². The number of hydrogen-bond acceptors (Lipinski definition) is 6. The minimum absolute atomic E-state index is 0.227. The molecule has 0 radical (unpaired) electrons. The number of rotatable bonds is 7. The van der Waals surface area contributed by atoms with Crippen LogP contribution in [-0.4, -0.2) is 50.5 Å². The van der Waals surface area contributed by atoms with Crippen molar-refractivity contribution in [3.05, 3.63) is 53.6 Å². The average Bonchev–Trinajstić information content (AvgIpc) is 2.97. The highest BCUT2D eigenvalue weighted by molar-refractivity contribution is 6.11. The fraction of sp³-hybridized carbons (Fsp3) is 0.286. The molecule has 0 aliphatic carbocycles. The van der Waals surface area contributed by atoms with E-state index in [4.69, 9.17) is 14.2 Å². The Morgan fingerprint density at radius 2 is 1.59 bits per heavy atom. The van der Waals surface area contributed by atoms with E-state index >= 15 is 0 Å². The van der Waals surface area contributed by atoms with Crippen molar-refractivity contribution in [2.45, 2.75) is 12.5 Å². The Balaban J connectivity index is 1.86. The summed E-state index contributed by atoms with van der Waals surface area (Å²) in [7, 11) is 4.46. The van der Waals surface area contributed by atoms with Crippen LogP contribution in [0, 0.1) is 0 Å². The summed E-state index contributed by atoms with van der Waals surface area (Å²) in [4.78, 5) is 39.3. The van der Waals surface area contributed by atoms with E-state index in [1.54, 1.807) is 50.4 Å². The number of ketones is 1. The summed E-state index contributed by atoms with van der Waals surface area (Å²) in [5.74, 6) is 0.479. The van der Waals surface area contributed by atoms with Crippen LogP contribution in [0.15, 0.2) is 42.5 Å². The lowest BCUT2D eigenvalue weighted by Gasteiger charge is -2.22. The second-order valence-corrected chi connectivity index (χ2v) is 6.66. The molecule has 0 spiro atoms. The Bertz CT molecular complexity index is 956. The van der Waals surface area contributed by atoms with Gasteiger partial charge in [-0.15, -0.1) is 0 Å². The van der Waals surface area contributed by atoms with Gasteiger partial charge >= 0.3 is 6.03 Å². The summed E-state index contributed by atoms with van der Waals surface area (Å²) >= 11 is 0. The monoisotopic (exact) mass is 398 g/mol. The lowest BCUT2D eigenvalue weighted by molar-refractivity contribution is -0.130. The molecule has 1 aliphatic rings. The van der Waals surface area contributed by atoms with E-state index in [0.29, 0.717) is 22.8 Å². The van der Waals surface area contributed by atoms with E-state index < -0.39 is 29.8 Å². The quantitative estimate of drug-likeness (QED) is 0.568. The SMILES string of the molecule is COc1ccc([C@@]2(C)NC(=O)N(CC(=O)c3cc(OC)ccc3OC)C2=O)cc1. The Morgan fingerprint density at radius 3 is 2.17 bits per heavy atom. The van der Waals surface area contributed by atoms with Gasteiger partial charge in [0.2, 0.25) is 0 Å². The van der Waals surface area contributed by atoms with Crippen molar-refractivity contribution < 1.29 is 28.6 Å². The second-order valence-electron chi connectivity index (χ2n) is 6.66. The molecule has 3 rings (SSSR count). The number of carbonyl (C=O) groups is 3. The Kier molecular flexibility index (Phi) is 5.45. The summed E-state index contributed by atoms with van der Waals surface area (Å²) in [6.07, 6.45) is 0. The third-order valence-electron chi connectivity index (χ3n) is 4.95. The summed E-state index contributed by atoms with van der Waals surface area (Å²) < 4.78 is 15.5. The molecule has 0 saturated carbocycles. The van der Waals surface area contributed by atoms with Crippen molar-refractivity contribution in [2.75, 3.05) is 27.9 Å². The molecular formula is C21H22N2O6. The van der Waals surface area contributed by atoms with Crippen LogP contribution in [0.3, 0.4) is 0 Å². The van der Waals surface area contributed by atoms with Crippen LogP contribution >= 0.6 is 0 Å². The summed E-state index contributed by atoms with van der Waals surface area (Å²) in [6, 6.07) is 10.9. The molecule has 152 valence electrons. The van der Waals surface area contributed by atoms with Crippen molar-refractivity contribution in [1.29, 1.82) is 0 Å². The molecule has 2 aromatic carbocycles. The van der Waals surface area contributed by atoms with Crippen molar-refractivity contribution >= 4 is 17.7 Å². The van der Waals surface area contributed by atoms with Crippen molar-refractivity contribution in [1.82, 2.24) is 10.2 Å². The third kappa shape index (κ3) is 3.61. The number of imide groups is 1. The first-order valence-electron chi connectivity index (χ1n) is 8.88. The molecule has 1 saturated heterocycles. The molecule has 3 amide bonds. The molecule has 2 aromatic rings. The molecule has 0 unspecified atom stereocenters. The predicted molar refractivity (Wildman–Crippen MR) is 104 cm³/mol. The van der Waals surface area contributed by atoms with E-state index in [1.165, 1.54) is 20.3 Å². The van der Waals surface area contributed by atoms with Gasteiger partial charge in [0.25, 0.3) is 5.91 Å². The highest BCUT2D eigenvalue weighted by Crippen LogP contribution is 2.31. The second kappa shape index (κ2) is 7.83. The maximum absolute atomic E-state index is 13.0. The van der Waals surface area contributed by atoms with Gasteiger partial charge in [0.15, 0.2) is 5.78 Å². The number of ether oxygens (including phenoxy) is 3. The third-order valence-corrected chi connectivity index (χ3v) is 4.95. The zero-order chi connectivity index (χ0) is 21.2. The van der Waals surface area contributed by atoms with Crippen LogP contribution in [0.25, 0.3) is 0 Å². The van der Waals surface area contributed by atoms with E-state index in [9.17, 15) is 14.4 Å². The van der Waals surface area contributed by atoms with Crippen molar-refractivity contribution in [3.63, 3.8) is 0 Å². The van der Waals surface area contributed by atoms with Crippen LogP contribution in [0.1, 0.15) is 22.8 Å². The maximum atomic E-state index is 13.0. The number of nitrogens with one attached hydrogen (secondary N) is 1. The predicted octanol–water partition coefficient (Wildman–Crippen LogP) is 2.36. The van der Waals surface area contributed by atoms with E-state index in [-0.39, 0.29) is 5.56 Å². The minimum atomic E-state index is -1.28. The summed E-state index contributed by atoms with van der Waals surface area (Å²) in [5, 5.41) is 2.68. The van der Waals surface area contributed by atoms with Crippen LogP contribution in [0.5, 0.6) is 17.2 Å². The number of benzene rings is 2. The van der Waals surface area contributed by atoms with Crippen LogP contribution in [0.2, 0.25) is 0 Å². The topological polar surface area (TPSA) is 94.2 Å². The van der Waals surface area contributed by atoms with Crippen LogP contribution < -0.4 is 19.5 Å². The highest BCUT2D eigenvalue weighted by Gasteiger charge is 2.49. The number of urea groups is 1. The molecule has 1 aliphatic heterocycles. The standard InChI is InChI=1S/C21H22N2O6/c1-21(13-5-7-14(27-2)8-6-13)19(25)23(20(26)22-21)12-17(24)16-11-15(28-3)9-10-18(16)29-4/h5-11H,12H2,1-4H3,(H,22,26)/t21-/m1/s1. The number of carbonyl (C=O) groups excluding carboxylic acids is 3. The van der Waals surface area contributed by atoms with E-state index in [0.717, 1.165) is 4.90 Å². The van der Waals surface area contributed by atoms with Crippen LogP contribution in [-0.2, 0) is 10.3 Å². The summed E-state index contributed by atoms with van der Waals surface area (Å²) in [6.45, 7) is 1.19. The lowest BCUT2D eigenvalue weighted by Crippen LogP contribution is -2.41. The Morgan fingerprint density at radius 1 is 0.966 bits per heavy atom. The van der Waals surface area contributed by atoms with Crippen molar-refractivity contribution in [3.8, 4) is 17.2 Å². The number of Topliss-reactive ketones (excluding diaryl/α,β-unsaturated/α-hetero) is 1. The number of amides is 3. The van der Waals surface area contributed by atoms with Gasteiger partial charge in [-0.1, -0.05) is 12.1 Å². The Labute approximate surface area is 168 Å². The van der Waals surface area contributed by atoms with Gasteiger partial charge in [-0.25, -0.2) is 4.79 Å². The smallest absolute Gasteiger partial charge is 0.325 e. The molecular weight excluding hydrogens is 376 g/mol. The molecule has 0 bridgehead atoms. The first kappa shape index (κ1) is 20.2. The number of nitrogens with zero attached hydrogens (tertiary/aromatic N) is 1. The molecule has 1 atom stereocenters. The van der Waals surface area contributed by atoms with Gasteiger partial charge in [-0.2, -0.15) is 0 Å². The molecule has 1 fully saturated rings. The average molecular weight is 398 g/mol. The minimum Gasteiger partial charge on any atom is -0.497 e. The normalized spacial score (nSPS) is 18.4. The van der Waals surface area contributed by atoms with Gasteiger partial charge in [-0.3, -0.25) is 14.5 Å². The maximum Gasteiger partial charge on any atom is 0.325 e. The van der Waals surface area contributed by atoms with Gasteiger partial charge in [-0.05, 0) is 42.8 Å². The van der Waals surface area contributed by atoms with Crippen LogP contribution in [0.4, 0.5) is 4.79 Å². The largest absolute Gasteiger partial charge is 0.497 e. The molecule has 1 N–H and O–H groups in total. The zero-order valence-corrected chi connectivity index (χ0v) is 16.6. The first-order valence-corrected chi connectivity index (χ1v) is 8.88. The van der Waals surface area contributed by atoms with Gasteiger partial charge in [0, 0.05) is 0 Å². The number of hydrogen-bond donors (Lipinski definition) is 1. The fourth-order valence-electron chi connectivity index (χ4n) is 3.22. The molecule has 0 aromatic heterocycles. The molecule has 8 nitrogen and oxygen atoms in total. The molecule has 29 heavy (non-hydrogen) atoms. The highest BCUT2D eigenvalue weighted by atomic mass is 16.5. The first-order chi connectivity index (χ1) is 13.8. The van der Waals surface area contributed by atoms with Gasteiger partial charge in [0.05, 0.1) is 33.4 Å². The molecule has 1 heterocycles. The lowest BCUT2D eigenvalue weighted by atomic mass is 9.92. The Hall–Kier alpha value is -3.55. The van der Waals surface area contributed by atoms with E-state index in [2.05, 4.69) is 5.32 Å². The molecule has 8 heteroatoms. The fourth-order valence-corrected chi connectivity index (χ4v) is 3.22.